The second kappa shape index (κ2) is 9.84. The molecule has 2 aromatic carbocycles. The van der Waals surface area contributed by atoms with E-state index >= 15 is 0 Å². The van der Waals surface area contributed by atoms with Crippen molar-refractivity contribution in [2.45, 2.75) is 18.1 Å². The number of nitrogens with zero attached hydrogens (tertiary/aromatic N) is 3. The van der Waals surface area contributed by atoms with Gasteiger partial charge in [-0.05, 0) is 11.1 Å². The Morgan fingerprint density at radius 2 is 1.79 bits per heavy atom. The predicted molar refractivity (Wildman–Crippen MR) is 116 cm³/mol. The van der Waals surface area contributed by atoms with Crippen LogP contribution in [0, 0.1) is 0 Å². The number of aliphatic carboxylic acids is 1. The van der Waals surface area contributed by atoms with E-state index in [1.54, 1.807) is 6.08 Å². The highest BCUT2D eigenvalue weighted by Crippen LogP contribution is 2.29. The van der Waals surface area contributed by atoms with Crippen molar-refractivity contribution in [3.63, 3.8) is 0 Å². The van der Waals surface area contributed by atoms with Gasteiger partial charge in [-0.15, -0.1) is 11.7 Å². The first-order chi connectivity index (χ1) is 14.1. The number of carbonyl (C=O) groups excluding carboxylic acids is 1. The van der Waals surface area contributed by atoms with Gasteiger partial charge in [0.05, 0.1) is 12.1 Å². The van der Waals surface area contributed by atoms with E-state index in [4.69, 9.17) is 5.11 Å². The number of amides is 1. The van der Waals surface area contributed by atoms with Crippen LogP contribution in [-0.2, 0) is 16.0 Å². The van der Waals surface area contributed by atoms with Crippen LogP contribution in [0.25, 0.3) is 0 Å². The quantitative estimate of drug-likeness (QED) is 0.412. The zero-order chi connectivity index (χ0) is 20.6. The molecule has 3 rings (SSSR count). The molecular weight excluding hydrogens is 386 g/mol. The summed E-state index contributed by atoms with van der Waals surface area (Å²) < 4.78 is 0. The lowest BCUT2D eigenvalue weighted by atomic mass is 10.0. The van der Waals surface area contributed by atoms with Crippen LogP contribution in [0.4, 0.5) is 0 Å². The minimum Gasteiger partial charge on any atom is -0.481 e. The fraction of sp³-hybridized carbons (Fsp3) is 0.182. The number of carboxylic acid groups (broad SMARTS) is 1. The Kier molecular flexibility index (Phi) is 6.97. The molecule has 0 aliphatic carbocycles. The number of hydrogen-bond acceptors (Lipinski definition) is 5. The minimum absolute atomic E-state index is 0.255. The number of carboxylic acids is 1. The molecule has 1 N–H and O–H groups in total. The lowest BCUT2D eigenvalue weighted by molar-refractivity contribution is -0.139. The number of rotatable bonds is 8. The monoisotopic (exact) mass is 407 g/mol. The standard InChI is InChI=1S/C22H21N3O3S/c1-2-13-25-21(28)19(15-20(26)27)29-22(25)24-23-18(17-11-7-4-8-12-17)14-16-9-5-3-6-10-16/h2-12,19H,1,13-15H2,(H,26,27). The Morgan fingerprint density at radius 1 is 1.14 bits per heavy atom. The second-order valence-electron chi connectivity index (χ2n) is 6.40. The van der Waals surface area contributed by atoms with Crippen molar-refractivity contribution >= 4 is 34.5 Å². The van der Waals surface area contributed by atoms with E-state index in [-0.39, 0.29) is 18.9 Å². The third kappa shape index (κ3) is 5.42. The number of hydrogen-bond donors (Lipinski definition) is 1. The molecule has 1 saturated heterocycles. The van der Waals surface area contributed by atoms with Gasteiger partial charge in [-0.2, -0.15) is 5.10 Å². The largest absolute Gasteiger partial charge is 0.481 e. The first-order valence-electron chi connectivity index (χ1n) is 9.13. The van der Waals surface area contributed by atoms with Crippen LogP contribution in [0.5, 0.6) is 0 Å². The van der Waals surface area contributed by atoms with Gasteiger partial charge in [0.2, 0.25) is 5.91 Å². The smallest absolute Gasteiger partial charge is 0.305 e. The Labute approximate surface area is 173 Å². The summed E-state index contributed by atoms with van der Waals surface area (Å²) in [5, 5.41) is 17.5. The van der Waals surface area contributed by atoms with Gasteiger partial charge < -0.3 is 5.11 Å². The number of carbonyl (C=O) groups is 2. The van der Waals surface area contributed by atoms with Crippen molar-refractivity contribution in [2.24, 2.45) is 10.2 Å². The molecule has 0 bridgehead atoms. The molecule has 1 aliphatic heterocycles. The van der Waals surface area contributed by atoms with E-state index in [1.165, 1.54) is 4.90 Å². The summed E-state index contributed by atoms with van der Waals surface area (Å²) in [7, 11) is 0. The summed E-state index contributed by atoms with van der Waals surface area (Å²) >= 11 is 1.13. The number of benzene rings is 2. The normalized spacial score (nSPS) is 18.3. The van der Waals surface area contributed by atoms with Crippen LogP contribution < -0.4 is 0 Å². The average molecular weight is 407 g/mol. The SMILES string of the molecule is C=CCN1C(=O)C(CC(=O)O)SC1=NN=C(Cc1ccccc1)c1ccccc1. The third-order valence-electron chi connectivity index (χ3n) is 4.27. The van der Waals surface area contributed by atoms with Crippen molar-refractivity contribution in [1.82, 2.24) is 4.90 Å². The van der Waals surface area contributed by atoms with Crippen molar-refractivity contribution in [2.75, 3.05) is 6.54 Å². The molecule has 0 spiro atoms. The highest BCUT2D eigenvalue weighted by Gasteiger charge is 2.38. The van der Waals surface area contributed by atoms with Crippen molar-refractivity contribution in [1.29, 1.82) is 0 Å². The fourth-order valence-corrected chi connectivity index (χ4v) is 3.98. The molecule has 1 unspecified atom stereocenters. The van der Waals surface area contributed by atoms with Gasteiger partial charge in [-0.25, -0.2) is 0 Å². The van der Waals surface area contributed by atoms with Crippen LogP contribution in [0.15, 0.2) is 83.5 Å². The zero-order valence-corrected chi connectivity index (χ0v) is 16.6. The van der Waals surface area contributed by atoms with Crippen LogP contribution in [0.3, 0.4) is 0 Å². The summed E-state index contributed by atoms with van der Waals surface area (Å²) in [4.78, 5) is 25.0. The molecule has 0 aromatic heterocycles. The van der Waals surface area contributed by atoms with E-state index in [0.717, 1.165) is 28.6 Å². The summed E-state index contributed by atoms with van der Waals surface area (Å²) in [6.07, 6.45) is 1.92. The zero-order valence-electron chi connectivity index (χ0n) is 15.8. The molecule has 1 fully saturated rings. The molecule has 2 aromatic rings. The van der Waals surface area contributed by atoms with Gasteiger partial charge in [0, 0.05) is 13.0 Å². The van der Waals surface area contributed by atoms with Gasteiger partial charge in [0.1, 0.15) is 5.25 Å². The molecule has 7 heteroatoms. The van der Waals surface area contributed by atoms with E-state index in [2.05, 4.69) is 16.8 Å². The van der Waals surface area contributed by atoms with E-state index in [1.807, 2.05) is 60.7 Å². The van der Waals surface area contributed by atoms with Gasteiger partial charge in [-0.3, -0.25) is 14.5 Å². The average Bonchev–Trinajstić information content (AvgIpc) is 3.01. The van der Waals surface area contributed by atoms with E-state index < -0.39 is 11.2 Å². The number of thioether (sulfide) groups is 1. The molecular formula is C22H21N3O3S. The lowest BCUT2D eigenvalue weighted by Crippen LogP contribution is -2.32. The Bertz CT molecular complexity index is 942. The Morgan fingerprint density at radius 3 is 2.41 bits per heavy atom. The molecule has 148 valence electrons. The van der Waals surface area contributed by atoms with Crippen LogP contribution in [0.1, 0.15) is 17.5 Å². The van der Waals surface area contributed by atoms with E-state index in [9.17, 15) is 9.59 Å². The van der Waals surface area contributed by atoms with Crippen molar-refractivity contribution < 1.29 is 14.7 Å². The maximum absolute atomic E-state index is 12.5. The van der Waals surface area contributed by atoms with Crippen LogP contribution in [-0.4, -0.2) is 44.6 Å². The molecule has 1 heterocycles. The molecule has 6 nitrogen and oxygen atoms in total. The lowest BCUT2D eigenvalue weighted by Gasteiger charge is -2.12. The van der Waals surface area contributed by atoms with Crippen LogP contribution in [0.2, 0.25) is 0 Å². The molecule has 29 heavy (non-hydrogen) atoms. The minimum atomic E-state index is -1.02. The first-order valence-corrected chi connectivity index (χ1v) is 10.0. The predicted octanol–water partition coefficient (Wildman–Crippen LogP) is 3.59. The summed E-state index contributed by atoms with van der Waals surface area (Å²) in [6, 6.07) is 19.7. The van der Waals surface area contributed by atoms with Crippen molar-refractivity contribution in [3.05, 3.63) is 84.4 Å². The second-order valence-corrected chi connectivity index (χ2v) is 7.57. The van der Waals surface area contributed by atoms with Crippen molar-refractivity contribution in [3.8, 4) is 0 Å². The Hall–Kier alpha value is -3.19. The maximum Gasteiger partial charge on any atom is 0.305 e. The Balaban J connectivity index is 1.93. The summed E-state index contributed by atoms with van der Waals surface area (Å²) in [6.45, 7) is 3.93. The highest BCUT2D eigenvalue weighted by molar-refractivity contribution is 8.15. The van der Waals surface area contributed by atoms with Crippen LogP contribution >= 0.6 is 11.8 Å². The van der Waals surface area contributed by atoms with E-state index in [0.29, 0.717) is 11.6 Å². The topological polar surface area (TPSA) is 82.3 Å². The van der Waals surface area contributed by atoms with Gasteiger partial charge in [-0.1, -0.05) is 78.5 Å². The summed E-state index contributed by atoms with van der Waals surface area (Å²) in [5.41, 5.74) is 2.79. The number of amidine groups is 1. The molecule has 1 amide bonds. The van der Waals surface area contributed by atoms with Gasteiger partial charge in [0.25, 0.3) is 0 Å². The molecule has 0 radical (unpaired) electrons. The molecule has 1 atom stereocenters. The fourth-order valence-electron chi connectivity index (χ4n) is 2.89. The summed E-state index contributed by atoms with van der Waals surface area (Å²) in [5.74, 6) is -1.30. The third-order valence-corrected chi connectivity index (χ3v) is 5.44. The molecule has 0 saturated carbocycles. The van der Waals surface area contributed by atoms with Gasteiger partial charge >= 0.3 is 5.97 Å². The first kappa shape index (κ1) is 20.5. The van der Waals surface area contributed by atoms with Gasteiger partial charge in [0.15, 0.2) is 5.17 Å². The maximum atomic E-state index is 12.5. The molecule has 1 aliphatic rings. The highest BCUT2D eigenvalue weighted by atomic mass is 32.2.